The number of hydrogen-bond acceptors (Lipinski definition) is 7. The zero-order valence-electron chi connectivity index (χ0n) is 12.4. The molecule has 1 N–H and O–H groups in total. The maximum Gasteiger partial charge on any atom is 0.262 e. The van der Waals surface area contributed by atoms with Crippen LogP contribution >= 0.6 is 23.1 Å². The number of nitrogens with zero attached hydrogens (tertiary/aromatic N) is 3. The molecule has 3 heterocycles. The van der Waals surface area contributed by atoms with Crippen LogP contribution in [0.4, 0.5) is 5.95 Å². The Balaban J connectivity index is 2.06. The van der Waals surface area contributed by atoms with E-state index < -0.39 is 0 Å². The first kappa shape index (κ1) is 14.3. The lowest BCUT2D eigenvalue weighted by Gasteiger charge is -2.04. The number of aryl methyl sites for hydroxylation is 3. The Labute approximate surface area is 131 Å². The third-order valence-corrected chi connectivity index (χ3v) is 4.81. The summed E-state index contributed by atoms with van der Waals surface area (Å²) in [6, 6.07) is 2.11. The van der Waals surface area contributed by atoms with Gasteiger partial charge < -0.3 is 9.73 Å². The first-order valence-electron chi connectivity index (χ1n) is 6.70. The molecule has 0 amide bonds. The van der Waals surface area contributed by atoms with Crippen LogP contribution in [0.25, 0.3) is 10.2 Å². The Bertz CT molecular complexity index is 774. The summed E-state index contributed by atoms with van der Waals surface area (Å²) in [5, 5.41) is 5.72. The van der Waals surface area contributed by atoms with Gasteiger partial charge in [-0.05, 0) is 45.5 Å². The third-order valence-electron chi connectivity index (χ3n) is 3.01. The van der Waals surface area contributed by atoms with Gasteiger partial charge in [0.05, 0.1) is 5.69 Å². The lowest BCUT2D eigenvalue weighted by Crippen LogP contribution is -2.02. The SMILES string of the molecule is CCNc1nc(Sc2nc(C)c(C)o2)c2cc(C)sc2n1. The second-order valence-electron chi connectivity index (χ2n) is 4.68. The lowest BCUT2D eigenvalue weighted by molar-refractivity contribution is 0.431. The molecule has 0 saturated carbocycles. The summed E-state index contributed by atoms with van der Waals surface area (Å²) in [4.78, 5) is 15.7. The van der Waals surface area contributed by atoms with Crippen molar-refractivity contribution in [3.63, 3.8) is 0 Å². The Morgan fingerprint density at radius 2 is 2.05 bits per heavy atom. The molecule has 0 atom stereocenters. The summed E-state index contributed by atoms with van der Waals surface area (Å²) in [5.41, 5.74) is 0.913. The zero-order chi connectivity index (χ0) is 15.0. The van der Waals surface area contributed by atoms with Crippen molar-refractivity contribution in [2.45, 2.75) is 37.9 Å². The highest BCUT2D eigenvalue weighted by Crippen LogP contribution is 2.35. The van der Waals surface area contributed by atoms with E-state index in [9.17, 15) is 0 Å². The van der Waals surface area contributed by atoms with Gasteiger partial charge in [-0.3, -0.25) is 0 Å². The van der Waals surface area contributed by atoms with Gasteiger partial charge >= 0.3 is 0 Å². The normalized spacial score (nSPS) is 11.2. The van der Waals surface area contributed by atoms with Gasteiger partial charge in [-0.15, -0.1) is 11.3 Å². The van der Waals surface area contributed by atoms with Gasteiger partial charge in [0.1, 0.15) is 15.6 Å². The molecule has 0 spiro atoms. The lowest BCUT2D eigenvalue weighted by atomic mass is 10.4. The van der Waals surface area contributed by atoms with Crippen molar-refractivity contribution in [2.75, 3.05) is 11.9 Å². The van der Waals surface area contributed by atoms with E-state index in [2.05, 4.69) is 33.3 Å². The molecule has 3 aromatic heterocycles. The van der Waals surface area contributed by atoms with Crippen LogP contribution in [-0.4, -0.2) is 21.5 Å². The van der Waals surface area contributed by atoms with E-state index >= 15 is 0 Å². The van der Waals surface area contributed by atoms with Crippen molar-refractivity contribution in [2.24, 2.45) is 0 Å². The molecule has 21 heavy (non-hydrogen) atoms. The number of oxazole rings is 1. The van der Waals surface area contributed by atoms with E-state index in [1.807, 2.05) is 20.8 Å². The minimum Gasteiger partial charge on any atom is -0.436 e. The molecule has 7 heteroatoms. The molecule has 3 aromatic rings. The van der Waals surface area contributed by atoms with Gasteiger partial charge in [0.25, 0.3) is 5.22 Å². The largest absolute Gasteiger partial charge is 0.436 e. The molecule has 0 aliphatic carbocycles. The Hall–Kier alpha value is -1.60. The highest BCUT2D eigenvalue weighted by molar-refractivity contribution is 7.99. The molecule has 0 fully saturated rings. The molecule has 3 rings (SSSR count). The Morgan fingerprint density at radius 1 is 1.24 bits per heavy atom. The molecule has 0 saturated heterocycles. The van der Waals surface area contributed by atoms with Crippen molar-refractivity contribution < 1.29 is 4.42 Å². The fourth-order valence-corrected chi connectivity index (χ4v) is 3.76. The van der Waals surface area contributed by atoms with Gasteiger partial charge in [-0.2, -0.15) is 0 Å². The van der Waals surface area contributed by atoms with E-state index in [1.165, 1.54) is 16.6 Å². The summed E-state index contributed by atoms with van der Waals surface area (Å²) in [6.45, 7) is 8.75. The Morgan fingerprint density at radius 3 is 2.71 bits per heavy atom. The number of nitrogens with one attached hydrogen (secondary N) is 1. The molecular formula is C14H16N4OS2. The zero-order valence-corrected chi connectivity index (χ0v) is 14.0. The Kier molecular flexibility index (Phi) is 3.86. The predicted octanol–water partition coefficient (Wildman–Crippen LogP) is 4.19. The summed E-state index contributed by atoms with van der Waals surface area (Å²) >= 11 is 3.11. The molecule has 0 aliphatic rings. The predicted molar refractivity (Wildman–Crippen MR) is 86.4 cm³/mol. The summed E-state index contributed by atoms with van der Waals surface area (Å²) in [5.74, 6) is 1.49. The van der Waals surface area contributed by atoms with Gasteiger partial charge in [0, 0.05) is 16.8 Å². The number of hydrogen-bond donors (Lipinski definition) is 1. The maximum atomic E-state index is 5.65. The van der Waals surface area contributed by atoms with Gasteiger partial charge in [-0.25, -0.2) is 15.0 Å². The van der Waals surface area contributed by atoms with E-state index in [0.29, 0.717) is 11.2 Å². The second-order valence-corrected chi connectivity index (χ2v) is 6.86. The molecular weight excluding hydrogens is 304 g/mol. The average molecular weight is 320 g/mol. The standard InChI is InChI=1S/C14H16N4OS2/c1-5-15-13-17-11-10(6-7(2)20-11)12(18-13)21-14-16-8(3)9(4)19-14/h6H,5H2,1-4H3,(H,15,17,18). The number of aromatic nitrogens is 3. The summed E-state index contributed by atoms with van der Waals surface area (Å²) in [7, 11) is 0. The quantitative estimate of drug-likeness (QED) is 0.727. The first-order valence-corrected chi connectivity index (χ1v) is 8.34. The molecule has 0 aliphatic heterocycles. The van der Waals surface area contributed by atoms with Crippen molar-refractivity contribution in [3.05, 3.63) is 22.4 Å². The van der Waals surface area contributed by atoms with E-state index in [-0.39, 0.29) is 0 Å². The van der Waals surface area contributed by atoms with Gasteiger partial charge in [-0.1, -0.05) is 0 Å². The van der Waals surface area contributed by atoms with Gasteiger partial charge in [0.15, 0.2) is 0 Å². The summed E-state index contributed by atoms with van der Waals surface area (Å²) < 4.78 is 5.65. The van der Waals surface area contributed by atoms with Crippen molar-refractivity contribution in [1.82, 2.24) is 15.0 Å². The van der Waals surface area contributed by atoms with Crippen LogP contribution in [0.3, 0.4) is 0 Å². The number of thiophene rings is 1. The smallest absolute Gasteiger partial charge is 0.262 e. The number of fused-ring (bicyclic) bond motifs is 1. The molecule has 5 nitrogen and oxygen atoms in total. The highest BCUT2D eigenvalue weighted by Gasteiger charge is 2.15. The fourth-order valence-electron chi connectivity index (χ4n) is 1.90. The summed E-state index contributed by atoms with van der Waals surface area (Å²) in [6.07, 6.45) is 0. The van der Waals surface area contributed by atoms with E-state index in [1.54, 1.807) is 11.3 Å². The molecule has 0 aromatic carbocycles. The van der Waals surface area contributed by atoms with Crippen LogP contribution in [0.2, 0.25) is 0 Å². The molecule has 0 bridgehead atoms. The fraction of sp³-hybridized carbons (Fsp3) is 0.357. The van der Waals surface area contributed by atoms with Crippen LogP contribution < -0.4 is 5.32 Å². The average Bonchev–Trinajstić information content (AvgIpc) is 2.93. The van der Waals surface area contributed by atoms with Crippen LogP contribution in [-0.2, 0) is 0 Å². The van der Waals surface area contributed by atoms with Crippen LogP contribution in [0.15, 0.2) is 20.7 Å². The highest BCUT2D eigenvalue weighted by atomic mass is 32.2. The first-order chi connectivity index (χ1) is 10.1. The van der Waals surface area contributed by atoms with Crippen LogP contribution in [0.1, 0.15) is 23.3 Å². The minimum absolute atomic E-state index is 0.622. The van der Waals surface area contributed by atoms with Crippen LogP contribution in [0, 0.1) is 20.8 Å². The second kappa shape index (κ2) is 5.65. The van der Waals surface area contributed by atoms with Crippen LogP contribution in [0.5, 0.6) is 0 Å². The molecule has 0 radical (unpaired) electrons. The van der Waals surface area contributed by atoms with Crippen molar-refractivity contribution in [3.8, 4) is 0 Å². The molecule has 0 unspecified atom stereocenters. The molecule has 110 valence electrons. The number of rotatable bonds is 4. The van der Waals surface area contributed by atoms with Crippen molar-refractivity contribution in [1.29, 1.82) is 0 Å². The monoisotopic (exact) mass is 320 g/mol. The van der Waals surface area contributed by atoms with Crippen molar-refractivity contribution >= 4 is 39.3 Å². The number of anilines is 1. The van der Waals surface area contributed by atoms with E-state index in [0.717, 1.165) is 33.2 Å². The maximum absolute atomic E-state index is 5.65. The van der Waals surface area contributed by atoms with Gasteiger partial charge in [0.2, 0.25) is 5.95 Å². The third kappa shape index (κ3) is 2.89. The van der Waals surface area contributed by atoms with E-state index in [4.69, 9.17) is 4.42 Å². The minimum atomic E-state index is 0.622. The topological polar surface area (TPSA) is 63.8 Å².